The first-order valence-corrected chi connectivity index (χ1v) is 10.2. The Labute approximate surface area is 165 Å². The molecule has 2 aliphatic rings. The number of hydrogen-bond acceptors (Lipinski definition) is 4. The zero-order valence-electron chi connectivity index (χ0n) is 15.5. The number of carbonyl (C=O) groups excluding carboxylic acids is 1. The quantitative estimate of drug-likeness (QED) is 0.738. The maximum atomic E-state index is 12.6. The first-order chi connectivity index (χ1) is 13.2. The lowest BCUT2D eigenvalue weighted by molar-refractivity contribution is -0.130. The van der Waals surface area contributed by atoms with E-state index in [1.165, 1.54) is 5.56 Å². The third kappa shape index (κ3) is 4.78. The number of amides is 1. The predicted octanol–water partition coefficient (Wildman–Crippen LogP) is 3.68. The lowest BCUT2D eigenvalue weighted by atomic mass is 10.1. The summed E-state index contributed by atoms with van der Waals surface area (Å²) in [6.07, 6.45) is 4.62. The average molecular weight is 385 g/mol. The van der Waals surface area contributed by atoms with E-state index < -0.39 is 0 Å². The van der Waals surface area contributed by atoms with E-state index in [1.807, 2.05) is 29.2 Å². The van der Waals surface area contributed by atoms with Crippen LogP contribution < -0.4 is 4.90 Å². The van der Waals surface area contributed by atoms with Crippen LogP contribution in [0.3, 0.4) is 0 Å². The van der Waals surface area contributed by atoms with E-state index in [4.69, 9.17) is 16.6 Å². The van der Waals surface area contributed by atoms with E-state index in [9.17, 15) is 4.79 Å². The van der Waals surface area contributed by atoms with E-state index in [0.717, 1.165) is 63.5 Å². The van der Waals surface area contributed by atoms with E-state index >= 15 is 0 Å². The van der Waals surface area contributed by atoms with Gasteiger partial charge in [-0.1, -0.05) is 41.9 Å². The molecule has 1 aromatic heterocycles. The van der Waals surface area contributed by atoms with Gasteiger partial charge in [-0.25, -0.2) is 9.97 Å². The van der Waals surface area contributed by atoms with Gasteiger partial charge in [-0.2, -0.15) is 0 Å². The number of nitrogens with zero attached hydrogens (tertiary/aromatic N) is 4. The number of rotatable bonds is 5. The second kappa shape index (κ2) is 8.26. The van der Waals surface area contributed by atoms with Crippen molar-refractivity contribution in [1.29, 1.82) is 0 Å². The normalized spacial score (nSPS) is 17.7. The molecule has 1 saturated heterocycles. The number of halogens is 1. The van der Waals surface area contributed by atoms with Crippen LogP contribution in [0.25, 0.3) is 0 Å². The molecule has 0 spiro atoms. The summed E-state index contributed by atoms with van der Waals surface area (Å²) in [6.45, 7) is 3.21. The average Bonchev–Trinajstić information content (AvgIpc) is 3.53. The van der Waals surface area contributed by atoms with Crippen LogP contribution in [-0.2, 0) is 11.2 Å². The van der Waals surface area contributed by atoms with Gasteiger partial charge < -0.3 is 9.80 Å². The molecule has 1 saturated carbocycles. The van der Waals surface area contributed by atoms with E-state index in [2.05, 4.69) is 22.0 Å². The van der Waals surface area contributed by atoms with Gasteiger partial charge in [0.2, 0.25) is 5.91 Å². The number of aromatic nitrogens is 2. The molecule has 1 aliphatic carbocycles. The first-order valence-electron chi connectivity index (χ1n) is 9.80. The van der Waals surface area contributed by atoms with Gasteiger partial charge in [-0.15, -0.1) is 0 Å². The summed E-state index contributed by atoms with van der Waals surface area (Å²) in [5.74, 6) is 2.48. The lowest BCUT2D eigenvalue weighted by Gasteiger charge is -2.23. The van der Waals surface area contributed by atoms with Crippen molar-refractivity contribution in [2.45, 2.75) is 38.0 Å². The Kier molecular flexibility index (Phi) is 5.58. The number of carbonyl (C=O) groups is 1. The maximum absolute atomic E-state index is 12.6. The Morgan fingerprint density at radius 1 is 1.07 bits per heavy atom. The molecule has 6 heteroatoms. The summed E-state index contributed by atoms with van der Waals surface area (Å²) in [4.78, 5) is 26.0. The fourth-order valence-corrected chi connectivity index (χ4v) is 3.74. The fraction of sp³-hybridized carbons (Fsp3) is 0.476. The third-order valence-corrected chi connectivity index (χ3v) is 5.48. The highest BCUT2D eigenvalue weighted by Gasteiger charge is 2.28. The van der Waals surface area contributed by atoms with Crippen molar-refractivity contribution in [2.24, 2.45) is 0 Å². The molecule has 5 nitrogen and oxygen atoms in total. The highest BCUT2D eigenvalue weighted by Crippen LogP contribution is 2.39. The Hall–Kier alpha value is -2.14. The van der Waals surface area contributed by atoms with Crippen molar-refractivity contribution in [1.82, 2.24) is 14.9 Å². The van der Waals surface area contributed by atoms with Crippen LogP contribution in [0.15, 0.2) is 36.4 Å². The molecule has 0 atom stereocenters. The molecule has 1 amide bonds. The summed E-state index contributed by atoms with van der Waals surface area (Å²) >= 11 is 6.22. The van der Waals surface area contributed by atoms with E-state index in [-0.39, 0.29) is 5.91 Å². The van der Waals surface area contributed by atoms with Crippen molar-refractivity contribution in [3.05, 3.63) is 52.9 Å². The largest absolute Gasteiger partial charge is 0.355 e. The molecule has 1 aromatic carbocycles. The molecule has 0 unspecified atom stereocenters. The van der Waals surface area contributed by atoms with Crippen molar-refractivity contribution in [2.75, 3.05) is 31.1 Å². The van der Waals surface area contributed by atoms with Gasteiger partial charge in [-0.3, -0.25) is 4.79 Å². The molecule has 1 aliphatic heterocycles. The van der Waals surface area contributed by atoms with Crippen LogP contribution in [0.2, 0.25) is 5.15 Å². The monoisotopic (exact) mass is 384 g/mol. The zero-order chi connectivity index (χ0) is 18.6. The van der Waals surface area contributed by atoms with Crippen molar-refractivity contribution in [3.8, 4) is 0 Å². The number of hydrogen-bond donors (Lipinski definition) is 0. The topological polar surface area (TPSA) is 49.3 Å². The van der Waals surface area contributed by atoms with Crippen LogP contribution in [0.5, 0.6) is 0 Å². The smallest absolute Gasteiger partial charge is 0.222 e. The zero-order valence-corrected chi connectivity index (χ0v) is 16.2. The Morgan fingerprint density at radius 3 is 2.67 bits per heavy atom. The third-order valence-electron chi connectivity index (χ3n) is 5.28. The molecule has 0 bridgehead atoms. The highest BCUT2D eigenvalue weighted by atomic mass is 35.5. The van der Waals surface area contributed by atoms with Crippen LogP contribution in [0.1, 0.15) is 43.0 Å². The van der Waals surface area contributed by atoms with Gasteiger partial charge in [0, 0.05) is 44.6 Å². The Bertz CT molecular complexity index is 794. The minimum atomic E-state index is 0.236. The Balaban J connectivity index is 1.35. The number of benzene rings is 1. The molecular weight excluding hydrogens is 360 g/mol. The van der Waals surface area contributed by atoms with Crippen LogP contribution >= 0.6 is 11.6 Å². The van der Waals surface area contributed by atoms with Crippen LogP contribution in [0.4, 0.5) is 5.82 Å². The van der Waals surface area contributed by atoms with Gasteiger partial charge >= 0.3 is 0 Å². The second-order valence-corrected chi connectivity index (χ2v) is 7.78. The highest BCUT2D eigenvalue weighted by molar-refractivity contribution is 6.29. The summed E-state index contributed by atoms with van der Waals surface area (Å²) in [5, 5.41) is 0.516. The van der Waals surface area contributed by atoms with Gasteiger partial charge in [0.25, 0.3) is 0 Å². The van der Waals surface area contributed by atoms with Crippen molar-refractivity contribution >= 4 is 23.3 Å². The van der Waals surface area contributed by atoms with Crippen LogP contribution in [0, 0.1) is 0 Å². The molecule has 2 fully saturated rings. The molecule has 4 rings (SSSR count). The molecule has 142 valence electrons. The van der Waals surface area contributed by atoms with Crippen molar-refractivity contribution < 1.29 is 4.79 Å². The molecule has 0 N–H and O–H groups in total. The molecule has 2 heterocycles. The standard InChI is InChI=1S/C21H25ClN4O/c22-18-15-19(24-21(23-18)17-8-9-17)25-11-4-12-26(14-13-25)20(27)10-7-16-5-2-1-3-6-16/h1-3,5-6,15,17H,4,7-14H2. The summed E-state index contributed by atoms with van der Waals surface area (Å²) in [7, 11) is 0. The van der Waals surface area contributed by atoms with Gasteiger partial charge in [0.05, 0.1) is 0 Å². The minimum Gasteiger partial charge on any atom is -0.355 e. The van der Waals surface area contributed by atoms with Gasteiger partial charge in [0.1, 0.15) is 16.8 Å². The van der Waals surface area contributed by atoms with Gasteiger partial charge in [-0.05, 0) is 31.2 Å². The van der Waals surface area contributed by atoms with Crippen LogP contribution in [-0.4, -0.2) is 47.0 Å². The number of aryl methyl sites for hydroxylation is 1. The molecular formula is C21H25ClN4O. The molecule has 0 radical (unpaired) electrons. The van der Waals surface area contributed by atoms with Crippen molar-refractivity contribution in [3.63, 3.8) is 0 Å². The summed E-state index contributed by atoms with van der Waals surface area (Å²) in [5.41, 5.74) is 1.21. The predicted molar refractivity (Wildman–Crippen MR) is 107 cm³/mol. The second-order valence-electron chi connectivity index (χ2n) is 7.39. The molecule has 2 aromatic rings. The minimum absolute atomic E-state index is 0.236. The lowest BCUT2D eigenvalue weighted by Crippen LogP contribution is -2.35. The first kappa shape index (κ1) is 18.2. The summed E-state index contributed by atoms with van der Waals surface area (Å²) in [6, 6.07) is 12.0. The number of anilines is 1. The SMILES string of the molecule is O=C(CCc1ccccc1)N1CCCN(c2cc(Cl)nc(C3CC3)n2)CC1. The summed E-state index contributed by atoms with van der Waals surface area (Å²) < 4.78 is 0. The van der Waals surface area contributed by atoms with Gasteiger partial charge in [0.15, 0.2) is 0 Å². The maximum Gasteiger partial charge on any atom is 0.222 e. The Morgan fingerprint density at radius 2 is 1.89 bits per heavy atom. The van der Waals surface area contributed by atoms with E-state index in [0.29, 0.717) is 17.5 Å². The fourth-order valence-electron chi connectivity index (χ4n) is 3.56. The molecule has 27 heavy (non-hydrogen) atoms. The van der Waals surface area contributed by atoms with E-state index in [1.54, 1.807) is 0 Å².